The van der Waals surface area contributed by atoms with E-state index < -0.39 is 0 Å². The third kappa shape index (κ3) is 3.69. The molecular formula is C16H27N3. The molecule has 2 N–H and O–H groups in total. The zero-order valence-electron chi connectivity index (χ0n) is 12.4. The summed E-state index contributed by atoms with van der Waals surface area (Å²) in [6.45, 7) is 7.40. The molecule has 3 nitrogen and oxygen atoms in total. The minimum atomic E-state index is 0.608. The highest BCUT2D eigenvalue weighted by atomic mass is 15.2. The van der Waals surface area contributed by atoms with Gasteiger partial charge in [0.2, 0.25) is 0 Å². The summed E-state index contributed by atoms with van der Waals surface area (Å²) in [5.41, 5.74) is 8.23. The smallest absolute Gasteiger partial charge is 0.129 e. The maximum atomic E-state index is 5.82. The number of rotatable bonds is 5. The van der Waals surface area contributed by atoms with Crippen molar-refractivity contribution < 1.29 is 0 Å². The number of aryl methyl sites for hydroxylation is 1. The lowest BCUT2D eigenvalue weighted by atomic mass is 9.95. The van der Waals surface area contributed by atoms with Crippen molar-refractivity contribution in [3.8, 4) is 0 Å². The van der Waals surface area contributed by atoms with E-state index in [0.717, 1.165) is 37.7 Å². The van der Waals surface area contributed by atoms with Gasteiger partial charge in [0.25, 0.3) is 0 Å². The van der Waals surface area contributed by atoms with E-state index in [4.69, 9.17) is 10.7 Å². The number of nitrogens with two attached hydrogens (primary N) is 1. The second kappa shape index (κ2) is 6.90. The van der Waals surface area contributed by atoms with Crippen LogP contribution in [0, 0.1) is 5.92 Å². The summed E-state index contributed by atoms with van der Waals surface area (Å²) < 4.78 is 0. The van der Waals surface area contributed by atoms with Crippen molar-refractivity contribution in [2.75, 3.05) is 18.0 Å². The molecule has 0 bridgehead atoms. The lowest BCUT2D eigenvalue weighted by molar-refractivity contribution is 0.403. The zero-order chi connectivity index (χ0) is 13.7. The predicted octanol–water partition coefficient (Wildman–Crippen LogP) is 3.12. The Morgan fingerprint density at radius 1 is 1.37 bits per heavy atom. The van der Waals surface area contributed by atoms with Crippen molar-refractivity contribution in [1.29, 1.82) is 0 Å². The Hall–Kier alpha value is -1.09. The topological polar surface area (TPSA) is 42.1 Å². The van der Waals surface area contributed by atoms with Gasteiger partial charge in [-0.15, -0.1) is 0 Å². The van der Waals surface area contributed by atoms with Gasteiger partial charge >= 0.3 is 0 Å². The van der Waals surface area contributed by atoms with Gasteiger partial charge in [-0.05, 0) is 42.9 Å². The van der Waals surface area contributed by atoms with E-state index >= 15 is 0 Å². The highest BCUT2D eigenvalue weighted by Crippen LogP contribution is 2.24. The molecule has 1 saturated heterocycles. The van der Waals surface area contributed by atoms with Crippen LogP contribution in [0.15, 0.2) is 12.1 Å². The average molecular weight is 261 g/mol. The molecular weight excluding hydrogens is 234 g/mol. The molecule has 2 heterocycles. The van der Waals surface area contributed by atoms with Gasteiger partial charge in [-0.1, -0.05) is 26.7 Å². The van der Waals surface area contributed by atoms with Gasteiger partial charge in [0.15, 0.2) is 0 Å². The third-order valence-corrected chi connectivity index (χ3v) is 4.09. The van der Waals surface area contributed by atoms with Crippen molar-refractivity contribution >= 4 is 5.82 Å². The van der Waals surface area contributed by atoms with Crippen molar-refractivity contribution in [2.24, 2.45) is 11.7 Å². The van der Waals surface area contributed by atoms with Crippen molar-refractivity contribution in [3.05, 3.63) is 23.4 Å². The first-order chi connectivity index (χ1) is 9.26. The standard InChI is InChI=1S/C16H27N3/c1-3-6-15-9-14(11-17)10-16(18-15)19-8-5-7-13(4-2)12-19/h9-10,13H,3-8,11-12,17H2,1-2H3. The highest BCUT2D eigenvalue weighted by Gasteiger charge is 2.20. The van der Waals surface area contributed by atoms with Crippen LogP contribution in [0.1, 0.15) is 50.8 Å². The minimum Gasteiger partial charge on any atom is -0.356 e. The number of nitrogens with zero attached hydrogens (tertiary/aromatic N) is 2. The van der Waals surface area contributed by atoms with Crippen molar-refractivity contribution in [3.63, 3.8) is 0 Å². The molecule has 19 heavy (non-hydrogen) atoms. The molecule has 2 rings (SSSR count). The largest absolute Gasteiger partial charge is 0.356 e. The summed E-state index contributed by atoms with van der Waals surface area (Å²) in [4.78, 5) is 7.29. The Labute approximate surface area is 117 Å². The normalized spacial score (nSPS) is 19.7. The number of piperidine rings is 1. The van der Waals surface area contributed by atoms with Crippen LogP contribution in [0.3, 0.4) is 0 Å². The van der Waals surface area contributed by atoms with Crippen LogP contribution in [-0.4, -0.2) is 18.1 Å². The molecule has 0 amide bonds. The quantitative estimate of drug-likeness (QED) is 0.885. The fourth-order valence-corrected chi connectivity index (χ4v) is 2.90. The van der Waals surface area contributed by atoms with Crippen LogP contribution < -0.4 is 10.6 Å². The molecule has 1 atom stereocenters. The Balaban J connectivity index is 2.19. The molecule has 0 aromatic carbocycles. The fourth-order valence-electron chi connectivity index (χ4n) is 2.90. The monoisotopic (exact) mass is 261 g/mol. The Kier molecular flexibility index (Phi) is 5.20. The number of aromatic nitrogens is 1. The first kappa shape index (κ1) is 14.3. The second-order valence-corrected chi connectivity index (χ2v) is 5.64. The van der Waals surface area contributed by atoms with Gasteiger partial charge in [0.1, 0.15) is 5.82 Å². The van der Waals surface area contributed by atoms with Crippen LogP contribution in [-0.2, 0) is 13.0 Å². The third-order valence-electron chi connectivity index (χ3n) is 4.09. The highest BCUT2D eigenvalue weighted by molar-refractivity contribution is 5.43. The molecule has 0 radical (unpaired) electrons. The van der Waals surface area contributed by atoms with Crippen LogP contribution >= 0.6 is 0 Å². The molecule has 106 valence electrons. The SMILES string of the molecule is CCCc1cc(CN)cc(N2CCCC(CC)C2)n1. The van der Waals surface area contributed by atoms with E-state index in [9.17, 15) is 0 Å². The second-order valence-electron chi connectivity index (χ2n) is 5.64. The summed E-state index contributed by atoms with van der Waals surface area (Å²) in [6.07, 6.45) is 6.11. The molecule has 1 fully saturated rings. The maximum absolute atomic E-state index is 5.82. The number of pyridine rings is 1. The lowest BCUT2D eigenvalue weighted by Gasteiger charge is -2.33. The van der Waals surface area contributed by atoms with Crippen molar-refractivity contribution in [2.45, 2.75) is 52.5 Å². The van der Waals surface area contributed by atoms with Crippen LogP contribution in [0.2, 0.25) is 0 Å². The van der Waals surface area contributed by atoms with Gasteiger partial charge < -0.3 is 10.6 Å². The van der Waals surface area contributed by atoms with Gasteiger partial charge in [-0.3, -0.25) is 0 Å². The van der Waals surface area contributed by atoms with E-state index in [-0.39, 0.29) is 0 Å². The summed E-state index contributed by atoms with van der Waals surface area (Å²) >= 11 is 0. The van der Waals surface area contributed by atoms with E-state index in [1.165, 1.54) is 30.5 Å². The van der Waals surface area contributed by atoms with Gasteiger partial charge in [-0.2, -0.15) is 0 Å². The van der Waals surface area contributed by atoms with Crippen LogP contribution in [0.25, 0.3) is 0 Å². The van der Waals surface area contributed by atoms with E-state index in [0.29, 0.717) is 6.54 Å². The fraction of sp³-hybridized carbons (Fsp3) is 0.688. The molecule has 1 unspecified atom stereocenters. The molecule has 1 aliphatic rings. The molecule has 3 heteroatoms. The molecule has 0 aliphatic carbocycles. The summed E-state index contributed by atoms with van der Waals surface area (Å²) in [6, 6.07) is 4.34. The minimum absolute atomic E-state index is 0.608. The van der Waals surface area contributed by atoms with Crippen LogP contribution in [0.4, 0.5) is 5.82 Å². The molecule has 0 spiro atoms. The first-order valence-corrected chi connectivity index (χ1v) is 7.71. The predicted molar refractivity (Wildman–Crippen MR) is 81.4 cm³/mol. The summed E-state index contributed by atoms with van der Waals surface area (Å²) in [5.74, 6) is 1.97. The maximum Gasteiger partial charge on any atom is 0.129 e. The molecule has 1 aromatic rings. The Morgan fingerprint density at radius 2 is 2.21 bits per heavy atom. The van der Waals surface area contributed by atoms with E-state index in [1.54, 1.807) is 0 Å². The molecule has 1 aromatic heterocycles. The van der Waals surface area contributed by atoms with Crippen molar-refractivity contribution in [1.82, 2.24) is 4.98 Å². The van der Waals surface area contributed by atoms with E-state index in [1.807, 2.05) is 0 Å². The summed E-state index contributed by atoms with van der Waals surface area (Å²) in [5, 5.41) is 0. The average Bonchev–Trinajstić information content (AvgIpc) is 2.47. The Bertz CT molecular complexity index is 403. The molecule has 1 aliphatic heterocycles. The van der Waals surface area contributed by atoms with Gasteiger partial charge in [0, 0.05) is 25.3 Å². The number of hydrogen-bond donors (Lipinski definition) is 1. The van der Waals surface area contributed by atoms with Gasteiger partial charge in [0.05, 0.1) is 0 Å². The number of anilines is 1. The van der Waals surface area contributed by atoms with E-state index in [2.05, 4.69) is 30.9 Å². The Morgan fingerprint density at radius 3 is 2.89 bits per heavy atom. The first-order valence-electron chi connectivity index (χ1n) is 7.71. The number of hydrogen-bond acceptors (Lipinski definition) is 3. The molecule has 0 saturated carbocycles. The van der Waals surface area contributed by atoms with Gasteiger partial charge in [-0.25, -0.2) is 4.98 Å². The lowest BCUT2D eigenvalue weighted by Crippen LogP contribution is -2.36. The van der Waals surface area contributed by atoms with Crippen LogP contribution in [0.5, 0.6) is 0 Å². The summed E-state index contributed by atoms with van der Waals surface area (Å²) in [7, 11) is 0. The zero-order valence-corrected chi connectivity index (χ0v) is 12.4.